The van der Waals surface area contributed by atoms with Crippen LogP contribution in [0.5, 0.6) is 0 Å². The smallest absolute Gasteiger partial charge is 0.309 e. The summed E-state index contributed by atoms with van der Waals surface area (Å²) in [5, 5.41) is 14.2. The fourth-order valence-corrected chi connectivity index (χ4v) is 1.92. The first kappa shape index (κ1) is 17.2. The third-order valence-electron chi connectivity index (χ3n) is 3.49. The minimum Gasteiger partial charge on any atom is -0.394 e. The molecule has 0 spiro atoms. The number of aliphatic hydroxyl groups excluding tert-OH is 1. The Hall–Kier alpha value is -1.88. The highest BCUT2D eigenvalue weighted by atomic mass is 16.3. The van der Waals surface area contributed by atoms with Crippen LogP contribution in [-0.4, -0.2) is 29.6 Å². The Morgan fingerprint density at radius 3 is 2.14 bits per heavy atom. The van der Waals surface area contributed by atoms with E-state index in [1.807, 2.05) is 38.1 Å². The lowest BCUT2D eigenvalue weighted by atomic mass is 10.0. The molecule has 116 valence electrons. The van der Waals surface area contributed by atoms with Crippen molar-refractivity contribution < 1.29 is 14.7 Å². The van der Waals surface area contributed by atoms with Gasteiger partial charge in [0.05, 0.1) is 18.7 Å². The van der Waals surface area contributed by atoms with Crippen LogP contribution in [0.25, 0.3) is 0 Å². The zero-order valence-corrected chi connectivity index (χ0v) is 12.8. The molecule has 0 heterocycles. The first-order valence-electron chi connectivity index (χ1n) is 7.32. The molecule has 0 aliphatic heterocycles. The number of hydrogen-bond donors (Lipinski definition) is 3. The summed E-state index contributed by atoms with van der Waals surface area (Å²) in [4.78, 5) is 23.5. The van der Waals surface area contributed by atoms with E-state index in [0.29, 0.717) is 6.42 Å². The van der Waals surface area contributed by atoms with Crippen molar-refractivity contribution in [1.29, 1.82) is 0 Å². The number of aryl methyl sites for hydroxylation is 1. The van der Waals surface area contributed by atoms with Crippen molar-refractivity contribution >= 4 is 11.8 Å². The lowest BCUT2D eigenvalue weighted by Gasteiger charge is -2.17. The SMILES string of the molecule is CCc1ccc(C(C)NC(=O)C(=O)NC(CC)CO)cc1. The van der Waals surface area contributed by atoms with Crippen LogP contribution in [0, 0.1) is 0 Å². The van der Waals surface area contributed by atoms with Crippen LogP contribution in [0.15, 0.2) is 24.3 Å². The van der Waals surface area contributed by atoms with Gasteiger partial charge >= 0.3 is 11.8 Å². The molecule has 1 aromatic carbocycles. The van der Waals surface area contributed by atoms with E-state index in [9.17, 15) is 9.59 Å². The molecular weight excluding hydrogens is 268 g/mol. The molecule has 0 saturated carbocycles. The van der Waals surface area contributed by atoms with Crippen LogP contribution in [0.2, 0.25) is 0 Å². The maximum atomic E-state index is 11.8. The standard InChI is InChI=1S/C16H24N2O3/c1-4-12-6-8-13(9-7-12)11(3)17-15(20)16(21)18-14(5-2)10-19/h6-9,11,14,19H,4-5,10H2,1-3H3,(H,17,20)(H,18,21). The van der Waals surface area contributed by atoms with E-state index >= 15 is 0 Å². The molecule has 5 heteroatoms. The fourth-order valence-electron chi connectivity index (χ4n) is 1.92. The molecule has 1 rings (SSSR count). The fraction of sp³-hybridized carbons (Fsp3) is 0.500. The van der Waals surface area contributed by atoms with Crippen LogP contribution in [0.1, 0.15) is 44.4 Å². The zero-order chi connectivity index (χ0) is 15.8. The Morgan fingerprint density at radius 1 is 1.10 bits per heavy atom. The molecule has 21 heavy (non-hydrogen) atoms. The van der Waals surface area contributed by atoms with Crippen LogP contribution < -0.4 is 10.6 Å². The second-order valence-electron chi connectivity index (χ2n) is 5.05. The lowest BCUT2D eigenvalue weighted by molar-refractivity contribution is -0.140. The van der Waals surface area contributed by atoms with Gasteiger partial charge in [-0.3, -0.25) is 9.59 Å². The average Bonchev–Trinajstić information content (AvgIpc) is 2.52. The molecule has 2 unspecified atom stereocenters. The molecule has 0 radical (unpaired) electrons. The van der Waals surface area contributed by atoms with Crippen LogP contribution in [-0.2, 0) is 16.0 Å². The van der Waals surface area contributed by atoms with Crippen molar-refractivity contribution in [1.82, 2.24) is 10.6 Å². The normalized spacial score (nSPS) is 13.3. The van der Waals surface area contributed by atoms with Gasteiger partial charge < -0.3 is 15.7 Å². The highest BCUT2D eigenvalue weighted by molar-refractivity contribution is 6.35. The summed E-state index contributed by atoms with van der Waals surface area (Å²) in [7, 11) is 0. The van der Waals surface area contributed by atoms with Crippen molar-refractivity contribution in [2.45, 2.75) is 45.7 Å². The van der Waals surface area contributed by atoms with Crippen LogP contribution in [0.4, 0.5) is 0 Å². The quantitative estimate of drug-likeness (QED) is 0.692. The topological polar surface area (TPSA) is 78.4 Å². The van der Waals surface area contributed by atoms with Gasteiger partial charge in [0.1, 0.15) is 0 Å². The minimum atomic E-state index is -0.715. The zero-order valence-electron chi connectivity index (χ0n) is 12.8. The maximum Gasteiger partial charge on any atom is 0.309 e. The van der Waals surface area contributed by atoms with Crippen LogP contribution >= 0.6 is 0 Å². The van der Waals surface area contributed by atoms with E-state index in [1.54, 1.807) is 0 Å². The van der Waals surface area contributed by atoms with E-state index < -0.39 is 11.8 Å². The summed E-state index contributed by atoms with van der Waals surface area (Å²) >= 11 is 0. The molecule has 2 atom stereocenters. The first-order valence-corrected chi connectivity index (χ1v) is 7.32. The number of nitrogens with one attached hydrogen (secondary N) is 2. The maximum absolute atomic E-state index is 11.8. The molecule has 0 saturated heterocycles. The number of carbonyl (C=O) groups is 2. The molecule has 0 aliphatic carbocycles. The molecule has 0 bridgehead atoms. The van der Waals surface area contributed by atoms with E-state index in [4.69, 9.17) is 5.11 Å². The summed E-state index contributed by atoms with van der Waals surface area (Å²) in [6.07, 6.45) is 1.53. The van der Waals surface area contributed by atoms with Crippen LogP contribution in [0.3, 0.4) is 0 Å². The monoisotopic (exact) mass is 292 g/mol. The number of hydrogen-bond acceptors (Lipinski definition) is 3. The number of carbonyl (C=O) groups excluding carboxylic acids is 2. The Labute approximate surface area is 125 Å². The van der Waals surface area contributed by atoms with Gasteiger partial charge in [0.2, 0.25) is 0 Å². The molecule has 1 aromatic rings. The van der Waals surface area contributed by atoms with E-state index in [1.165, 1.54) is 5.56 Å². The van der Waals surface area contributed by atoms with Gasteiger partial charge in [-0.2, -0.15) is 0 Å². The van der Waals surface area contributed by atoms with Gasteiger partial charge in [-0.1, -0.05) is 38.1 Å². The number of benzene rings is 1. The van der Waals surface area contributed by atoms with Gasteiger partial charge in [-0.05, 0) is 30.9 Å². The van der Waals surface area contributed by atoms with Crippen molar-refractivity contribution in [2.75, 3.05) is 6.61 Å². The van der Waals surface area contributed by atoms with Gasteiger partial charge in [0, 0.05) is 0 Å². The number of amides is 2. The van der Waals surface area contributed by atoms with Crippen molar-refractivity contribution in [3.8, 4) is 0 Å². The van der Waals surface area contributed by atoms with Gasteiger partial charge in [-0.15, -0.1) is 0 Å². The molecule has 5 nitrogen and oxygen atoms in total. The Balaban J connectivity index is 2.58. The third kappa shape index (κ3) is 5.19. The van der Waals surface area contributed by atoms with Gasteiger partial charge in [-0.25, -0.2) is 0 Å². The highest BCUT2D eigenvalue weighted by Crippen LogP contribution is 2.13. The largest absolute Gasteiger partial charge is 0.394 e. The van der Waals surface area contributed by atoms with E-state index in [2.05, 4.69) is 17.6 Å². The Bertz CT molecular complexity index is 467. The third-order valence-corrected chi connectivity index (χ3v) is 3.49. The Morgan fingerprint density at radius 2 is 1.67 bits per heavy atom. The van der Waals surface area contributed by atoms with Crippen molar-refractivity contribution in [2.24, 2.45) is 0 Å². The summed E-state index contributed by atoms with van der Waals surface area (Å²) in [6.45, 7) is 5.56. The van der Waals surface area contributed by atoms with Crippen molar-refractivity contribution in [3.05, 3.63) is 35.4 Å². The number of aliphatic hydroxyl groups is 1. The Kier molecular flexibility index (Phi) is 6.88. The van der Waals surface area contributed by atoms with E-state index in [0.717, 1.165) is 12.0 Å². The molecule has 0 fully saturated rings. The van der Waals surface area contributed by atoms with E-state index in [-0.39, 0.29) is 18.7 Å². The van der Waals surface area contributed by atoms with Gasteiger partial charge in [0.15, 0.2) is 0 Å². The van der Waals surface area contributed by atoms with Gasteiger partial charge in [0.25, 0.3) is 0 Å². The summed E-state index contributed by atoms with van der Waals surface area (Å²) in [6, 6.07) is 7.29. The predicted octanol–water partition coefficient (Wildman–Crippen LogP) is 1.31. The summed E-state index contributed by atoms with van der Waals surface area (Å²) < 4.78 is 0. The second kappa shape index (κ2) is 8.42. The molecule has 3 N–H and O–H groups in total. The summed E-state index contributed by atoms with van der Waals surface area (Å²) in [5.41, 5.74) is 2.17. The molecule has 2 amide bonds. The number of rotatable bonds is 6. The molecule has 0 aliphatic rings. The lowest BCUT2D eigenvalue weighted by Crippen LogP contribution is -2.46. The first-order chi connectivity index (χ1) is 10.0. The highest BCUT2D eigenvalue weighted by Gasteiger charge is 2.19. The molecular formula is C16H24N2O3. The average molecular weight is 292 g/mol. The second-order valence-corrected chi connectivity index (χ2v) is 5.05. The molecule has 0 aromatic heterocycles. The summed E-state index contributed by atoms with van der Waals surface area (Å²) in [5.74, 6) is -1.40. The predicted molar refractivity (Wildman–Crippen MR) is 81.7 cm³/mol. The minimum absolute atomic E-state index is 0.177. The van der Waals surface area contributed by atoms with Crippen molar-refractivity contribution in [3.63, 3.8) is 0 Å².